The molecule has 1 aliphatic heterocycles. The van der Waals surface area contributed by atoms with Gasteiger partial charge < -0.3 is 19.7 Å². The Bertz CT molecular complexity index is 750. The lowest BCUT2D eigenvalue weighted by atomic mass is 10.1. The Morgan fingerprint density at radius 3 is 2.88 bits per heavy atom. The Balaban J connectivity index is 2.32. The van der Waals surface area contributed by atoms with E-state index in [4.69, 9.17) is 17.0 Å². The maximum Gasteiger partial charge on any atom is 0.266 e. The Morgan fingerprint density at radius 2 is 2.27 bits per heavy atom. The number of carbonyl (C=O) groups excluding carboxylic acids is 2. The van der Waals surface area contributed by atoms with Gasteiger partial charge in [0, 0.05) is 5.56 Å². The average Bonchev–Trinajstić information content (AvgIpc) is 2.86. The predicted molar refractivity (Wildman–Crippen MR) is 106 cm³/mol. The number of aromatic hydroxyl groups is 1. The standard InChI is InChI=1S/C17H19NO5S3/c1-3-23-12-6-4-5-10(14(12)19)9-13-15(20)18(17(24)26-13)11(16(21)22)7-8-25-2/h4-6,9,11,19H,3,7-8H2,1-2H3,(H,21,22)/p-1/b13-9-/t11-/m1/s1. The minimum Gasteiger partial charge on any atom is -0.548 e. The summed E-state index contributed by atoms with van der Waals surface area (Å²) in [6, 6.07) is 3.84. The van der Waals surface area contributed by atoms with E-state index in [-0.39, 0.29) is 21.4 Å². The van der Waals surface area contributed by atoms with Crippen LogP contribution in [0.3, 0.4) is 0 Å². The summed E-state index contributed by atoms with van der Waals surface area (Å²) in [6.07, 6.45) is 3.58. The summed E-state index contributed by atoms with van der Waals surface area (Å²) < 4.78 is 5.49. The van der Waals surface area contributed by atoms with Crippen LogP contribution in [-0.2, 0) is 9.59 Å². The second-order valence-corrected chi connectivity index (χ2v) is 7.96. The monoisotopic (exact) mass is 412 g/mol. The summed E-state index contributed by atoms with van der Waals surface area (Å²) in [5.74, 6) is -1.05. The van der Waals surface area contributed by atoms with Gasteiger partial charge in [-0.1, -0.05) is 36.1 Å². The largest absolute Gasteiger partial charge is 0.548 e. The molecule has 0 saturated carbocycles. The fourth-order valence-electron chi connectivity index (χ4n) is 2.40. The summed E-state index contributed by atoms with van der Waals surface area (Å²) in [5, 5.41) is 21.7. The Morgan fingerprint density at radius 1 is 1.54 bits per heavy atom. The minimum absolute atomic E-state index is 0.0848. The van der Waals surface area contributed by atoms with Crippen LogP contribution in [-0.4, -0.2) is 50.9 Å². The third-order valence-electron chi connectivity index (χ3n) is 3.62. The number of phenolic OH excluding ortho intramolecular Hbond substituents is 1. The number of rotatable bonds is 8. The quantitative estimate of drug-likeness (QED) is 0.511. The van der Waals surface area contributed by atoms with Crippen molar-refractivity contribution in [3.63, 3.8) is 0 Å². The highest BCUT2D eigenvalue weighted by atomic mass is 32.2. The normalized spacial score (nSPS) is 17.0. The zero-order chi connectivity index (χ0) is 19.3. The first kappa shape index (κ1) is 20.6. The molecule has 0 bridgehead atoms. The highest BCUT2D eigenvalue weighted by Gasteiger charge is 2.37. The number of carbonyl (C=O) groups is 2. The Labute approximate surface area is 165 Å². The molecule has 1 saturated heterocycles. The highest BCUT2D eigenvalue weighted by molar-refractivity contribution is 8.26. The molecule has 0 radical (unpaired) electrons. The number of hydrogen-bond donors (Lipinski definition) is 1. The van der Waals surface area contributed by atoms with Crippen molar-refractivity contribution >= 4 is 58.0 Å². The number of phenols is 1. The smallest absolute Gasteiger partial charge is 0.266 e. The van der Waals surface area contributed by atoms with Gasteiger partial charge in [-0.2, -0.15) is 11.8 Å². The maximum absolute atomic E-state index is 12.7. The van der Waals surface area contributed by atoms with E-state index >= 15 is 0 Å². The first-order valence-electron chi connectivity index (χ1n) is 7.82. The van der Waals surface area contributed by atoms with Crippen LogP contribution in [0.1, 0.15) is 18.9 Å². The van der Waals surface area contributed by atoms with E-state index in [1.54, 1.807) is 25.1 Å². The topological polar surface area (TPSA) is 89.9 Å². The fraction of sp³-hybridized carbons (Fsp3) is 0.353. The summed E-state index contributed by atoms with van der Waals surface area (Å²) in [5.41, 5.74) is 0.394. The van der Waals surface area contributed by atoms with Gasteiger partial charge in [0.1, 0.15) is 4.32 Å². The molecule has 1 aliphatic rings. The van der Waals surface area contributed by atoms with Gasteiger partial charge >= 0.3 is 0 Å². The SMILES string of the molecule is CCOc1cccc(/C=C2\SC(=S)N([C@H](CCSC)C(=O)[O-])C2=O)c1O. The Hall–Kier alpha value is -1.71. The number of ether oxygens (including phenoxy) is 1. The summed E-state index contributed by atoms with van der Waals surface area (Å²) >= 11 is 7.68. The van der Waals surface area contributed by atoms with Gasteiger partial charge in [0.15, 0.2) is 11.5 Å². The lowest BCUT2D eigenvalue weighted by Crippen LogP contribution is -2.50. The molecule has 0 unspecified atom stereocenters. The molecule has 0 aliphatic carbocycles. The van der Waals surface area contributed by atoms with Gasteiger partial charge in [-0.15, -0.1) is 0 Å². The van der Waals surface area contributed by atoms with Crippen LogP contribution in [0.4, 0.5) is 0 Å². The molecule has 0 spiro atoms. The van der Waals surface area contributed by atoms with Crippen molar-refractivity contribution in [2.45, 2.75) is 19.4 Å². The Kier molecular flexibility index (Phi) is 7.36. The van der Waals surface area contributed by atoms with Crippen molar-refractivity contribution in [2.75, 3.05) is 18.6 Å². The maximum atomic E-state index is 12.7. The van der Waals surface area contributed by atoms with Crippen molar-refractivity contribution < 1.29 is 24.5 Å². The van der Waals surface area contributed by atoms with Crippen molar-refractivity contribution in [3.05, 3.63) is 28.7 Å². The van der Waals surface area contributed by atoms with Crippen LogP contribution >= 0.6 is 35.7 Å². The molecule has 6 nitrogen and oxygen atoms in total. The molecule has 0 aromatic heterocycles. The molecule has 1 N–H and O–H groups in total. The molecule has 1 aromatic carbocycles. The van der Waals surface area contributed by atoms with Gasteiger partial charge in [-0.25, -0.2) is 0 Å². The summed E-state index contributed by atoms with van der Waals surface area (Å²) in [7, 11) is 0. The van der Waals surface area contributed by atoms with Crippen molar-refractivity contribution in [1.82, 2.24) is 4.90 Å². The molecule has 1 amide bonds. The van der Waals surface area contributed by atoms with Gasteiger partial charge in [-0.05, 0) is 37.5 Å². The van der Waals surface area contributed by atoms with Crippen LogP contribution < -0.4 is 9.84 Å². The number of aliphatic carboxylic acids is 1. The number of carboxylic acid groups (broad SMARTS) is 1. The molecular weight excluding hydrogens is 394 g/mol. The molecule has 9 heteroatoms. The van der Waals surface area contributed by atoms with Crippen LogP contribution in [0.5, 0.6) is 11.5 Å². The second kappa shape index (κ2) is 9.29. The van der Waals surface area contributed by atoms with Crippen molar-refractivity contribution in [2.24, 2.45) is 0 Å². The number of carboxylic acids is 1. The molecular formula is C17H18NO5S3-. The van der Waals surface area contributed by atoms with Crippen molar-refractivity contribution in [1.29, 1.82) is 0 Å². The number of thioether (sulfide) groups is 2. The van der Waals surface area contributed by atoms with Crippen LogP contribution in [0.15, 0.2) is 23.1 Å². The van der Waals surface area contributed by atoms with E-state index in [0.717, 1.165) is 16.7 Å². The van der Waals surface area contributed by atoms with Gasteiger partial charge in [0.2, 0.25) is 0 Å². The predicted octanol–water partition coefficient (Wildman–Crippen LogP) is 1.86. The first-order valence-corrected chi connectivity index (χ1v) is 10.4. The highest BCUT2D eigenvalue weighted by Crippen LogP contribution is 2.38. The third-order valence-corrected chi connectivity index (χ3v) is 5.59. The number of thiocarbonyl (C=S) groups is 1. The van der Waals surface area contributed by atoms with E-state index in [0.29, 0.717) is 23.7 Å². The lowest BCUT2D eigenvalue weighted by Gasteiger charge is -2.27. The molecule has 1 aromatic rings. The zero-order valence-corrected chi connectivity index (χ0v) is 16.7. The number of benzene rings is 1. The number of nitrogens with zero attached hydrogens (tertiary/aromatic N) is 1. The van der Waals surface area contributed by atoms with Crippen LogP contribution in [0.25, 0.3) is 6.08 Å². The number of para-hydroxylation sites is 1. The summed E-state index contributed by atoms with van der Waals surface area (Å²) in [4.78, 5) is 25.5. The molecule has 26 heavy (non-hydrogen) atoms. The van der Waals surface area contributed by atoms with Gasteiger partial charge in [-0.3, -0.25) is 9.69 Å². The molecule has 1 atom stereocenters. The number of hydrogen-bond acceptors (Lipinski definition) is 8. The van der Waals surface area contributed by atoms with Crippen LogP contribution in [0, 0.1) is 0 Å². The average molecular weight is 413 g/mol. The molecule has 1 fully saturated rings. The fourth-order valence-corrected chi connectivity index (χ4v) is 4.21. The van der Waals surface area contributed by atoms with Gasteiger partial charge in [0.05, 0.1) is 23.5 Å². The first-order chi connectivity index (χ1) is 12.4. The van der Waals surface area contributed by atoms with E-state index in [1.807, 2.05) is 6.26 Å². The van der Waals surface area contributed by atoms with Crippen molar-refractivity contribution in [3.8, 4) is 11.5 Å². The molecule has 140 valence electrons. The van der Waals surface area contributed by atoms with E-state index in [1.165, 1.54) is 17.8 Å². The zero-order valence-electron chi connectivity index (χ0n) is 14.3. The van der Waals surface area contributed by atoms with Crippen LogP contribution in [0.2, 0.25) is 0 Å². The minimum atomic E-state index is -1.34. The third kappa shape index (κ3) is 4.52. The molecule has 1 heterocycles. The molecule has 2 rings (SSSR count). The summed E-state index contributed by atoms with van der Waals surface area (Å²) in [6.45, 7) is 2.19. The lowest BCUT2D eigenvalue weighted by molar-refractivity contribution is -0.310. The second-order valence-electron chi connectivity index (χ2n) is 5.30. The van der Waals surface area contributed by atoms with E-state index < -0.39 is 17.9 Å². The number of amides is 1. The van der Waals surface area contributed by atoms with Gasteiger partial charge in [0.25, 0.3) is 5.91 Å². The van der Waals surface area contributed by atoms with E-state index in [2.05, 4.69) is 0 Å². The van der Waals surface area contributed by atoms with E-state index in [9.17, 15) is 19.8 Å².